The molecule has 3 rings (SSSR count). The van der Waals surface area contributed by atoms with Crippen molar-refractivity contribution < 1.29 is 22.7 Å². The Labute approximate surface area is 245 Å². The van der Waals surface area contributed by atoms with Gasteiger partial charge in [-0.05, 0) is 48.7 Å². The normalized spacial score (nSPS) is 11.9. The van der Waals surface area contributed by atoms with E-state index in [1.54, 1.807) is 31.2 Å². The summed E-state index contributed by atoms with van der Waals surface area (Å²) in [5, 5.41) is 2.93. The van der Waals surface area contributed by atoms with Gasteiger partial charge in [-0.2, -0.15) is 0 Å². The van der Waals surface area contributed by atoms with Crippen LogP contribution in [0, 0.1) is 0 Å². The van der Waals surface area contributed by atoms with Crippen molar-refractivity contribution in [1.82, 2.24) is 10.2 Å². The SMILES string of the molecule is CCCNC(=O)C(Cc1ccccc1)N(Cc1ccc(Br)cc1)C(=O)CN(c1ccccc1OCC)S(C)(=O)=O. The van der Waals surface area contributed by atoms with E-state index >= 15 is 0 Å². The van der Waals surface area contributed by atoms with Crippen LogP contribution in [-0.4, -0.2) is 57.1 Å². The summed E-state index contributed by atoms with van der Waals surface area (Å²) in [6, 6.07) is 22.8. The Morgan fingerprint density at radius 3 is 2.20 bits per heavy atom. The summed E-state index contributed by atoms with van der Waals surface area (Å²) in [6.45, 7) is 4.17. The van der Waals surface area contributed by atoms with E-state index in [4.69, 9.17) is 4.74 Å². The number of ether oxygens (including phenoxy) is 1. The molecule has 0 bridgehead atoms. The van der Waals surface area contributed by atoms with Gasteiger partial charge in [0.1, 0.15) is 18.3 Å². The van der Waals surface area contributed by atoms with Crippen LogP contribution in [0.1, 0.15) is 31.4 Å². The lowest BCUT2D eigenvalue weighted by Crippen LogP contribution is -2.53. The zero-order valence-electron chi connectivity index (χ0n) is 23.0. The maximum absolute atomic E-state index is 14.1. The van der Waals surface area contributed by atoms with Crippen molar-refractivity contribution in [2.24, 2.45) is 0 Å². The number of amides is 2. The van der Waals surface area contributed by atoms with E-state index in [9.17, 15) is 18.0 Å². The Hall–Kier alpha value is -3.37. The molecule has 1 N–H and O–H groups in total. The number of carbonyl (C=O) groups is 2. The monoisotopic (exact) mass is 629 g/mol. The van der Waals surface area contributed by atoms with Crippen molar-refractivity contribution in [2.45, 2.75) is 39.3 Å². The molecule has 0 spiro atoms. The lowest BCUT2D eigenvalue weighted by molar-refractivity contribution is -0.140. The number of benzene rings is 3. The number of hydrogen-bond donors (Lipinski definition) is 1. The minimum Gasteiger partial charge on any atom is -0.492 e. The van der Waals surface area contributed by atoms with E-state index in [-0.39, 0.29) is 24.6 Å². The van der Waals surface area contributed by atoms with Crippen molar-refractivity contribution in [2.75, 3.05) is 30.3 Å². The van der Waals surface area contributed by atoms with Gasteiger partial charge in [0.25, 0.3) is 0 Å². The van der Waals surface area contributed by atoms with Gasteiger partial charge in [0.2, 0.25) is 21.8 Å². The van der Waals surface area contributed by atoms with Crippen LogP contribution < -0.4 is 14.4 Å². The van der Waals surface area contributed by atoms with E-state index in [0.717, 1.165) is 32.6 Å². The highest BCUT2D eigenvalue weighted by Crippen LogP contribution is 2.30. The fourth-order valence-corrected chi connectivity index (χ4v) is 5.36. The van der Waals surface area contributed by atoms with E-state index in [1.165, 1.54) is 4.90 Å². The Balaban J connectivity index is 2.06. The molecule has 10 heteroatoms. The molecule has 8 nitrogen and oxygen atoms in total. The van der Waals surface area contributed by atoms with Gasteiger partial charge < -0.3 is 15.0 Å². The number of halogens is 1. The smallest absolute Gasteiger partial charge is 0.244 e. The van der Waals surface area contributed by atoms with Crippen LogP contribution in [0.15, 0.2) is 83.3 Å². The summed E-state index contributed by atoms with van der Waals surface area (Å²) in [7, 11) is -3.89. The molecule has 0 fully saturated rings. The number of carbonyl (C=O) groups excluding carboxylic acids is 2. The number of nitrogens with zero attached hydrogens (tertiary/aromatic N) is 2. The van der Waals surface area contributed by atoms with Gasteiger partial charge in [-0.25, -0.2) is 8.42 Å². The van der Waals surface area contributed by atoms with Crippen LogP contribution in [0.4, 0.5) is 5.69 Å². The minimum atomic E-state index is -3.89. The highest BCUT2D eigenvalue weighted by Gasteiger charge is 2.33. The van der Waals surface area contributed by atoms with Crippen molar-refractivity contribution in [3.05, 3.63) is 94.5 Å². The second-order valence-corrected chi connectivity index (χ2v) is 12.1. The summed E-state index contributed by atoms with van der Waals surface area (Å²) in [4.78, 5) is 29.1. The quantitative estimate of drug-likeness (QED) is 0.277. The van der Waals surface area contributed by atoms with E-state index in [2.05, 4.69) is 21.2 Å². The molecular weight excluding hydrogens is 594 g/mol. The zero-order chi connectivity index (χ0) is 29.1. The molecule has 1 unspecified atom stereocenters. The van der Waals surface area contributed by atoms with Crippen LogP contribution in [0.2, 0.25) is 0 Å². The first-order valence-corrected chi connectivity index (χ1v) is 15.8. The molecule has 1 atom stereocenters. The van der Waals surface area contributed by atoms with Gasteiger partial charge >= 0.3 is 0 Å². The van der Waals surface area contributed by atoms with E-state index < -0.39 is 28.5 Å². The Bertz CT molecular complexity index is 1370. The highest BCUT2D eigenvalue weighted by molar-refractivity contribution is 9.10. The summed E-state index contributed by atoms with van der Waals surface area (Å²) < 4.78 is 33.6. The molecule has 214 valence electrons. The largest absolute Gasteiger partial charge is 0.492 e. The lowest BCUT2D eigenvalue weighted by Gasteiger charge is -2.33. The molecule has 2 amide bonds. The Kier molecular flexibility index (Phi) is 11.6. The van der Waals surface area contributed by atoms with Crippen LogP contribution in [-0.2, 0) is 32.6 Å². The minimum absolute atomic E-state index is 0.119. The number of sulfonamides is 1. The van der Waals surface area contributed by atoms with Crippen LogP contribution in [0.25, 0.3) is 0 Å². The molecule has 0 heterocycles. The second-order valence-electron chi connectivity index (χ2n) is 9.32. The topological polar surface area (TPSA) is 96.0 Å². The van der Waals surface area contributed by atoms with Gasteiger partial charge in [0.15, 0.2) is 0 Å². The zero-order valence-corrected chi connectivity index (χ0v) is 25.4. The predicted octanol–water partition coefficient (Wildman–Crippen LogP) is 4.78. The molecule has 0 saturated heterocycles. The first-order valence-electron chi connectivity index (χ1n) is 13.2. The van der Waals surface area contributed by atoms with E-state index in [1.807, 2.05) is 61.5 Å². The molecule has 40 heavy (non-hydrogen) atoms. The number of hydrogen-bond acceptors (Lipinski definition) is 5. The number of nitrogens with one attached hydrogen (secondary N) is 1. The van der Waals surface area contributed by atoms with Crippen LogP contribution in [0.5, 0.6) is 5.75 Å². The van der Waals surface area contributed by atoms with E-state index in [0.29, 0.717) is 18.9 Å². The fourth-order valence-electron chi connectivity index (χ4n) is 4.24. The summed E-state index contributed by atoms with van der Waals surface area (Å²) in [5.74, 6) is -0.451. The molecule has 3 aromatic carbocycles. The second kappa shape index (κ2) is 14.9. The van der Waals surface area contributed by atoms with Crippen molar-refractivity contribution in [3.63, 3.8) is 0 Å². The first kappa shape index (κ1) is 31.2. The Morgan fingerprint density at radius 2 is 1.57 bits per heavy atom. The molecular formula is C30H36BrN3O5S. The molecule has 0 aliphatic rings. The van der Waals surface area contributed by atoms with Crippen molar-refractivity contribution >= 4 is 43.5 Å². The van der Waals surface area contributed by atoms with Gasteiger partial charge in [0, 0.05) is 24.0 Å². The maximum atomic E-state index is 14.1. The average Bonchev–Trinajstić information content (AvgIpc) is 2.93. The summed E-state index contributed by atoms with van der Waals surface area (Å²) >= 11 is 3.44. The van der Waals surface area contributed by atoms with Gasteiger partial charge in [-0.15, -0.1) is 0 Å². The van der Waals surface area contributed by atoms with Crippen molar-refractivity contribution in [3.8, 4) is 5.75 Å². The lowest BCUT2D eigenvalue weighted by atomic mass is 10.0. The number of anilines is 1. The molecule has 0 aliphatic heterocycles. The third kappa shape index (κ3) is 8.82. The third-order valence-electron chi connectivity index (χ3n) is 6.20. The summed E-state index contributed by atoms with van der Waals surface area (Å²) in [6.07, 6.45) is 2.06. The maximum Gasteiger partial charge on any atom is 0.244 e. The molecule has 0 aliphatic carbocycles. The number of para-hydroxylation sites is 2. The Morgan fingerprint density at radius 1 is 0.925 bits per heavy atom. The fraction of sp³-hybridized carbons (Fsp3) is 0.333. The first-order chi connectivity index (χ1) is 19.1. The standard InChI is InChI=1S/C30H36BrN3O5S/c1-4-19-32-30(36)27(20-23-11-7-6-8-12-23)33(21-24-15-17-25(31)18-16-24)29(35)22-34(40(3,37)38)26-13-9-10-14-28(26)39-5-2/h6-18,27H,4-5,19-22H2,1-3H3,(H,32,36). The van der Waals surface area contributed by atoms with Gasteiger partial charge in [0.05, 0.1) is 18.6 Å². The molecule has 3 aromatic rings. The predicted molar refractivity (Wildman–Crippen MR) is 162 cm³/mol. The third-order valence-corrected chi connectivity index (χ3v) is 7.85. The van der Waals surface area contributed by atoms with Crippen molar-refractivity contribution in [1.29, 1.82) is 0 Å². The van der Waals surface area contributed by atoms with Gasteiger partial charge in [-0.1, -0.05) is 77.5 Å². The highest BCUT2D eigenvalue weighted by atomic mass is 79.9. The molecule has 0 saturated carbocycles. The van der Waals surface area contributed by atoms with Gasteiger partial charge in [-0.3, -0.25) is 13.9 Å². The van der Waals surface area contributed by atoms with Crippen LogP contribution in [0.3, 0.4) is 0 Å². The molecule has 0 radical (unpaired) electrons. The van der Waals surface area contributed by atoms with Crippen LogP contribution >= 0.6 is 15.9 Å². The number of rotatable bonds is 14. The average molecular weight is 631 g/mol. The molecule has 0 aromatic heterocycles. The summed E-state index contributed by atoms with van der Waals surface area (Å²) in [5.41, 5.74) is 1.95.